The third-order valence-electron chi connectivity index (χ3n) is 8.60. The summed E-state index contributed by atoms with van der Waals surface area (Å²) in [6.45, 7) is 10.8. The van der Waals surface area contributed by atoms with Gasteiger partial charge in [-0.2, -0.15) is 0 Å². The zero-order chi connectivity index (χ0) is 32.2. The van der Waals surface area contributed by atoms with E-state index in [-0.39, 0.29) is 49.7 Å². The Hall–Kier alpha value is -3.35. The lowest BCUT2D eigenvalue weighted by Gasteiger charge is -2.36. The molecular formula is C32H45N5O6S. The van der Waals surface area contributed by atoms with Crippen LogP contribution in [0, 0.1) is 18.3 Å². The molecule has 0 bridgehead atoms. The zero-order valence-corrected chi connectivity index (χ0v) is 27.0. The van der Waals surface area contributed by atoms with Crippen LogP contribution in [0.15, 0.2) is 29.8 Å². The average molecular weight is 628 g/mol. The first-order chi connectivity index (χ1) is 20.7. The van der Waals surface area contributed by atoms with Gasteiger partial charge in [-0.25, -0.2) is 4.98 Å². The smallest absolute Gasteiger partial charge is 0.303 e. The number of carbonyl (C=O) groups is 4. The van der Waals surface area contributed by atoms with Gasteiger partial charge in [0.2, 0.25) is 17.7 Å². The minimum absolute atomic E-state index is 0.00768. The Labute approximate surface area is 263 Å². The van der Waals surface area contributed by atoms with Gasteiger partial charge in [0.1, 0.15) is 12.1 Å². The van der Waals surface area contributed by atoms with Crippen LogP contribution >= 0.6 is 11.3 Å². The highest BCUT2D eigenvalue weighted by molar-refractivity contribution is 7.13. The van der Waals surface area contributed by atoms with Crippen molar-refractivity contribution >= 4 is 35.0 Å². The molecule has 3 heterocycles. The van der Waals surface area contributed by atoms with Gasteiger partial charge in [0, 0.05) is 19.4 Å². The summed E-state index contributed by atoms with van der Waals surface area (Å²) in [5.41, 5.74) is 4.10. The molecule has 0 aliphatic carbocycles. The summed E-state index contributed by atoms with van der Waals surface area (Å²) in [6.07, 6.45) is 0.811. The minimum Gasteiger partial charge on any atom is -0.481 e. The van der Waals surface area contributed by atoms with E-state index in [4.69, 9.17) is 5.11 Å². The standard InChI is InChI=1S/C32H45N5O6S/c1-19(22-6-8-23(9-7-22)28-20(2)33-18-44-28)34-30(42)25-15-24(38)16-37(25)31(43)29(32(3,4)5)35-26(39)17-36-12-10-21(11-13-36)14-27(40)41/h6-9,18-19,21,24-25,29,38H,10-17H2,1-5H3,(H,34,42)(H,35,39)(H,40,41)/t19-,24+,25?,29+/m0/s1. The lowest BCUT2D eigenvalue weighted by atomic mass is 9.85. The van der Waals surface area contributed by atoms with Gasteiger partial charge in [-0.1, -0.05) is 45.0 Å². The van der Waals surface area contributed by atoms with Gasteiger partial charge in [0.15, 0.2) is 0 Å². The SMILES string of the molecule is Cc1ncsc1-c1ccc([C@H](C)NC(=O)C2C[C@@H](O)CN2C(=O)[C@@H](NC(=O)CN2CCC(CC(=O)O)CC2)C(C)(C)C)cc1. The number of likely N-dealkylation sites (tertiary alicyclic amines) is 2. The zero-order valence-electron chi connectivity index (χ0n) is 26.2. The Kier molecular flexibility index (Phi) is 10.8. The largest absolute Gasteiger partial charge is 0.481 e. The fourth-order valence-electron chi connectivity index (χ4n) is 6.02. The molecule has 1 unspecified atom stereocenters. The molecule has 240 valence electrons. The summed E-state index contributed by atoms with van der Waals surface area (Å²) >= 11 is 1.58. The number of carboxylic acid groups (broad SMARTS) is 1. The van der Waals surface area contributed by atoms with Gasteiger partial charge in [0.25, 0.3) is 0 Å². The van der Waals surface area contributed by atoms with E-state index < -0.39 is 35.5 Å². The summed E-state index contributed by atoms with van der Waals surface area (Å²) in [7, 11) is 0. The van der Waals surface area contributed by atoms with Gasteiger partial charge in [-0.3, -0.25) is 24.1 Å². The van der Waals surface area contributed by atoms with E-state index in [1.807, 2.05) is 69.3 Å². The maximum absolute atomic E-state index is 13.9. The van der Waals surface area contributed by atoms with Crippen LogP contribution in [0.25, 0.3) is 10.4 Å². The molecule has 0 spiro atoms. The first kappa shape index (κ1) is 33.5. The van der Waals surface area contributed by atoms with Crippen LogP contribution in [0.5, 0.6) is 0 Å². The van der Waals surface area contributed by atoms with E-state index >= 15 is 0 Å². The molecule has 2 aromatic rings. The Morgan fingerprint density at radius 1 is 1.09 bits per heavy atom. The molecule has 4 N–H and O–H groups in total. The number of aryl methyl sites for hydroxylation is 1. The predicted molar refractivity (Wildman–Crippen MR) is 168 cm³/mol. The molecule has 1 aromatic carbocycles. The molecule has 2 aliphatic heterocycles. The van der Waals surface area contributed by atoms with Gasteiger partial charge < -0.3 is 25.7 Å². The third-order valence-corrected chi connectivity index (χ3v) is 9.58. The molecule has 0 saturated carbocycles. The lowest BCUT2D eigenvalue weighted by molar-refractivity contribution is -0.144. The lowest BCUT2D eigenvalue weighted by Crippen LogP contribution is -2.59. The fourth-order valence-corrected chi connectivity index (χ4v) is 6.83. The molecule has 4 rings (SSSR count). The van der Waals surface area contributed by atoms with Crippen molar-refractivity contribution in [2.24, 2.45) is 11.3 Å². The number of carboxylic acids is 1. The second-order valence-electron chi connectivity index (χ2n) is 13.2. The number of β-amino-alcohol motifs (C(OH)–C–C–N with tert-alkyl or cyclic N) is 1. The summed E-state index contributed by atoms with van der Waals surface area (Å²) in [5.74, 6) is -1.76. The highest BCUT2D eigenvalue weighted by Gasteiger charge is 2.44. The number of nitrogens with zero attached hydrogens (tertiary/aromatic N) is 3. The van der Waals surface area contributed by atoms with Gasteiger partial charge in [-0.05, 0) is 62.2 Å². The first-order valence-corrected chi connectivity index (χ1v) is 16.1. The number of carbonyl (C=O) groups excluding carboxylic acids is 3. The summed E-state index contributed by atoms with van der Waals surface area (Å²) in [6, 6.07) is 5.84. The van der Waals surface area contributed by atoms with Crippen LogP contribution in [0.4, 0.5) is 0 Å². The maximum Gasteiger partial charge on any atom is 0.303 e. The van der Waals surface area contributed by atoms with Crippen molar-refractivity contribution in [2.75, 3.05) is 26.2 Å². The maximum atomic E-state index is 13.9. The number of aromatic nitrogens is 1. The van der Waals surface area contributed by atoms with Crippen molar-refractivity contribution in [1.29, 1.82) is 0 Å². The molecule has 2 fully saturated rings. The van der Waals surface area contributed by atoms with Crippen LogP contribution in [-0.4, -0.2) is 93.1 Å². The Bertz CT molecular complexity index is 1330. The van der Waals surface area contributed by atoms with Gasteiger partial charge in [-0.15, -0.1) is 11.3 Å². The number of aliphatic hydroxyl groups excluding tert-OH is 1. The average Bonchev–Trinajstić information content (AvgIpc) is 3.57. The molecule has 11 nitrogen and oxygen atoms in total. The predicted octanol–water partition coefficient (Wildman–Crippen LogP) is 2.98. The van der Waals surface area contributed by atoms with E-state index in [2.05, 4.69) is 15.6 Å². The summed E-state index contributed by atoms with van der Waals surface area (Å²) in [4.78, 5) is 60.3. The van der Waals surface area contributed by atoms with Crippen LogP contribution < -0.4 is 10.6 Å². The van der Waals surface area contributed by atoms with Gasteiger partial charge >= 0.3 is 5.97 Å². The van der Waals surface area contributed by atoms with E-state index in [1.54, 1.807) is 11.3 Å². The molecule has 12 heteroatoms. The number of rotatable bonds is 10. The Morgan fingerprint density at radius 3 is 2.32 bits per heavy atom. The third kappa shape index (κ3) is 8.42. The molecule has 3 amide bonds. The number of thiazole rings is 1. The highest BCUT2D eigenvalue weighted by atomic mass is 32.1. The number of amides is 3. The molecule has 2 aliphatic rings. The highest BCUT2D eigenvalue weighted by Crippen LogP contribution is 2.30. The molecular weight excluding hydrogens is 582 g/mol. The van der Waals surface area contributed by atoms with Crippen LogP contribution in [0.3, 0.4) is 0 Å². The number of nitrogens with one attached hydrogen (secondary N) is 2. The second kappa shape index (κ2) is 14.2. The number of piperidine rings is 1. The molecule has 4 atom stereocenters. The van der Waals surface area contributed by atoms with E-state index in [1.165, 1.54) is 4.90 Å². The quantitative estimate of drug-likeness (QED) is 0.314. The first-order valence-electron chi connectivity index (χ1n) is 15.3. The molecule has 0 radical (unpaired) electrons. The van der Waals surface area contributed by atoms with Crippen molar-refractivity contribution in [2.45, 2.75) is 84.5 Å². The number of benzene rings is 1. The van der Waals surface area contributed by atoms with Gasteiger partial charge in [0.05, 0.1) is 34.8 Å². The molecule has 2 saturated heterocycles. The number of hydrogen-bond donors (Lipinski definition) is 4. The Morgan fingerprint density at radius 2 is 1.75 bits per heavy atom. The topological polar surface area (TPSA) is 152 Å². The van der Waals surface area contributed by atoms with Crippen LogP contribution in [0.1, 0.15) is 70.7 Å². The molecule has 44 heavy (non-hydrogen) atoms. The van der Waals surface area contributed by atoms with Crippen molar-refractivity contribution in [1.82, 2.24) is 25.4 Å². The van der Waals surface area contributed by atoms with E-state index in [0.29, 0.717) is 25.9 Å². The number of aliphatic hydroxyl groups is 1. The fraction of sp³-hybridized carbons (Fsp3) is 0.594. The second-order valence-corrected chi connectivity index (χ2v) is 14.1. The van der Waals surface area contributed by atoms with Crippen molar-refractivity contribution < 1.29 is 29.4 Å². The number of aliphatic carboxylic acids is 1. The number of hydrogen-bond acceptors (Lipinski definition) is 8. The minimum atomic E-state index is -0.902. The van der Waals surface area contributed by atoms with E-state index in [0.717, 1.165) is 21.7 Å². The Balaban J connectivity index is 1.38. The summed E-state index contributed by atoms with van der Waals surface area (Å²) in [5, 5.41) is 25.5. The monoisotopic (exact) mass is 627 g/mol. The van der Waals surface area contributed by atoms with Crippen molar-refractivity contribution in [3.05, 3.63) is 41.0 Å². The summed E-state index contributed by atoms with van der Waals surface area (Å²) < 4.78 is 0. The normalized spacial score (nSPS) is 21.1. The van der Waals surface area contributed by atoms with Crippen molar-refractivity contribution in [3.8, 4) is 10.4 Å². The molecule has 1 aromatic heterocycles. The van der Waals surface area contributed by atoms with Crippen LogP contribution in [-0.2, 0) is 19.2 Å². The van der Waals surface area contributed by atoms with E-state index in [9.17, 15) is 24.3 Å². The van der Waals surface area contributed by atoms with Crippen molar-refractivity contribution in [3.63, 3.8) is 0 Å². The van der Waals surface area contributed by atoms with Crippen LogP contribution in [0.2, 0.25) is 0 Å².